The lowest BCUT2D eigenvalue weighted by molar-refractivity contribution is 0.282. The first-order valence-electron chi connectivity index (χ1n) is 7.44. The highest BCUT2D eigenvalue weighted by Crippen LogP contribution is 2.61. The first kappa shape index (κ1) is 12.8. The van der Waals surface area contributed by atoms with Gasteiger partial charge in [0.25, 0.3) is 0 Å². The van der Waals surface area contributed by atoms with Gasteiger partial charge >= 0.3 is 0 Å². The molecule has 18 heavy (non-hydrogen) atoms. The highest BCUT2D eigenvalue weighted by atomic mass is 32.2. The first-order valence-corrected chi connectivity index (χ1v) is 8.55. The van der Waals surface area contributed by atoms with Crippen LogP contribution in [0.2, 0.25) is 0 Å². The van der Waals surface area contributed by atoms with Crippen LogP contribution in [-0.2, 0) is 11.0 Å². The predicted octanol–water partition coefficient (Wildman–Crippen LogP) is 3.88. The van der Waals surface area contributed by atoms with Gasteiger partial charge in [0.05, 0.1) is 4.75 Å². The second-order valence-corrected chi connectivity index (χ2v) is 9.31. The minimum Gasteiger partial charge on any atom is -0.234 e. The molecule has 0 radical (unpaired) electrons. The van der Waals surface area contributed by atoms with E-state index < -0.39 is 11.0 Å². The molecule has 0 aromatic rings. The van der Waals surface area contributed by atoms with Gasteiger partial charge in [-0.2, -0.15) is 4.40 Å². The van der Waals surface area contributed by atoms with Crippen LogP contribution in [-0.4, -0.2) is 14.7 Å². The molecule has 0 saturated heterocycles. The Morgan fingerprint density at radius 3 is 2.50 bits per heavy atom. The molecule has 3 fully saturated rings. The Balaban J connectivity index is 1.95. The summed E-state index contributed by atoms with van der Waals surface area (Å²) in [7, 11) is -1.06. The van der Waals surface area contributed by atoms with Crippen LogP contribution in [0.3, 0.4) is 0 Å². The Labute approximate surface area is 113 Å². The fourth-order valence-electron chi connectivity index (χ4n) is 4.41. The molecule has 3 aliphatic rings. The average molecular weight is 267 g/mol. The van der Waals surface area contributed by atoms with Crippen molar-refractivity contribution in [1.29, 1.82) is 0 Å². The molecule has 0 amide bonds. The fraction of sp³-hybridized carbons (Fsp3) is 0.933. The molecule has 3 atom stereocenters. The second kappa shape index (κ2) is 4.16. The van der Waals surface area contributed by atoms with Gasteiger partial charge < -0.3 is 0 Å². The van der Waals surface area contributed by atoms with Gasteiger partial charge in [-0.1, -0.05) is 12.8 Å². The molecule has 0 aliphatic heterocycles. The molecule has 0 N–H and O–H groups in total. The van der Waals surface area contributed by atoms with Crippen molar-refractivity contribution in [3.05, 3.63) is 0 Å². The molecular weight excluding hydrogens is 242 g/mol. The maximum atomic E-state index is 12.4. The van der Waals surface area contributed by atoms with Gasteiger partial charge in [-0.3, -0.25) is 0 Å². The third-order valence-corrected chi connectivity index (χ3v) is 6.72. The Hall–Kier alpha value is -0.180. The first-order chi connectivity index (χ1) is 8.43. The SMILES string of the molecule is CC(C)(C)S(=O)/N=C1/[C@@H]2CC[C@@H](C2)C12CCCC2. The summed E-state index contributed by atoms with van der Waals surface area (Å²) in [5.74, 6) is 1.53. The molecule has 3 aliphatic carbocycles. The Morgan fingerprint density at radius 2 is 1.89 bits per heavy atom. The normalized spacial score (nSPS) is 37.8. The number of nitrogens with zero attached hydrogens (tertiary/aromatic N) is 1. The lowest BCUT2D eigenvalue weighted by atomic mass is 9.70. The molecule has 0 aromatic carbocycles. The van der Waals surface area contributed by atoms with Crippen molar-refractivity contribution in [2.45, 2.75) is 70.5 Å². The van der Waals surface area contributed by atoms with Crippen molar-refractivity contribution in [2.24, 2.45) is 21.6 Å². The van der Waals surface area contributed by atoms with E-state index in [1.807, 2.05) is 20.8 Å². The fourth-order valence-corrected chi connectivity index (χ4v) is 5.19. The second-order valence-electron chi connectivity index (χ2n) is 7.41. The summed E-state index contributed by atoms with van der Waals surface area (Å²) in [6, 6.07) is 0. The third kappa shape index (κ3) is 1.81. The van der Waals surface area contributed by atoms with E-state index in [9.17, 15) is 4.21 Å². The van der Waals surface area contributed by atoms with Gasteiger partial charge in [0.15, 0.2) is 0 Å². The Bertz CT molecular complexity index is 401. The molecule has 102 valence electrons. The van der Waals surface area contributed by atoms with Crippen molar-refractivity contribution >= 4 is 16.7 Å². The smallest absolute Gasteiger partial charge is 0.144 e. The van der Waals surface area contributed by atoms with Gasteiger partial charge in [0, 0.05) is 11.1 Å². The Morgan fingerprint density at radius 1 is 1.22 bits per heavy atom. The lowest BCUT2D eigenvalue weighted by Gasteiger charge is -2.35. The quantitative estimate of drug-likeness (QED) is 0.709. The minimum atomic E-state index is -1.06. The van der Waals surface area contributed by atoms with Crippen molar-refractivity contribution in [3.63, 3.8) is 0 Å². The molecule has 0 aromatic heterocycles. The molecule has 0 heterocycles. The van der Waals surface area contributed by atoms with E-state index in [1.165, 1.54) is 50.7 Å². The highest BCUT2D eigenvalue weighted by molar-refractivity contribution is 7.85. The van der Waals surface area contributed by atoms with Crippen LogP contribution in [0.25, 0.3) is 0 Å². The summed E-state index contributed by atoms with van der Waals surface area (Å²) in [4.78, 5) is 0. The molecule has 3 rings (SSSR count). The van der Waals surface area contributed by atoms with Gasteiger partial charge in [-0.15, -0.1) is 0 Å². The summed E-state index contributed by atoms with van der Waals surface area (Å²) in [6.07, 6.45) is 9.36. The van der Waals surface area contributed by atoms with Gasteiger partial charge in [0.1, 0.15) is 11.0 Å². The molecule has 1 unspecified atom stereocenters. The number of fused-ring (bicyclic) bond motifs is 3. The molecule has 3 saturated carbocycles. The zero-order valence-corrected chi connectivity index (χ0v) is 12.7. The van der Waals surface area contributed by atoms with E-state index in [-0.39, 0.29) is 4.75 Å². The van der Waals surface area contributed by atoms with Crippen LogP contribution >= 0.6 is 0 Å². The van der Waals surface area contributed by atoms with E-state index in [4.69, 9.17) is 4.40 Å². The highest BCUT2D eigenvalue weighted by Gasteiger charge is 2.56. The van der Waals surface area contributed by atoms with E-state index in [2.05, 4.69) is 0 Å². The van der Waals surface area contributed by atoms with Crippen LogP contribution in [0, 0.1) is 17.3 Å². The van der Waals surface area contributed by atoms with E-state index in [1.54, 1.807) is 0 Å². The summed E-state index contributed by atoms with van der Waals surface area (Å²) < 4.78 is 16.9. The summed E-state index contributed by atoms with van der Waals surface area (Å²) in [5.41, 5.74) is 1.74. The number of hydrogen-bond acceptors (Lipinski definition) is 1. The zero-order chi connectivity index (χ0) is 13.0. The topological polar surface area (TPSA) is 29.4 Å². The van der Waals surface area contributed by atoms with Crippen LogP contribution in [0.4, 0.5) is 0 Å². The molecular formula is C15H25NOS. The lowest BCUT2D eigenvalue weighted by Crippen LogP contribution is -2.35. The van der Waals surface area contributed by atoms with Crippen molar-refractivity contribution < 1.29 is 4.21 Å². The summed E-state index contributed by atoms with van der Waals surface area (Å²) >= 11 is 0. The van der Waals surface area contributed by atoms with Gasteiger partial charge in [-0.25, -0.2) is 4.21 Å². The van der Waals surface area contributed by atoms with E-state index >= 15 is 0 Å². The van der Waals surface area contributed by atoms with E-state index in [0.29, 0.717) is 11.3 Å². The summed E-state index contributed by atoms with van der Waals surface area (Å²) in [5, 5.41) is 0. The molecule has 2 nitrogen and oxygen atoms in total. The minimum absolute atomic E-state index is 0.214. The largest absolute Gasteiger partial charge is 0.234 e. The number of rotatable bonds is 1. The molecule has 3 heteroatoms. The third-order valence-electron chi connectivity index (χ3n) is 5.31. The standard InChI is InChI=1S/C15H25NOS/c1-14(2,3)18(17)16-13-11-6-7-12(10-11)15(13)8-4-5-9-15/h11-12H,4-10H2,1-3H3/b16-13-/t11-,12+,18?/m1/s1. The maximum Gasteiger partial charge on any atom is 0.144 e. The Kier molecular flexibility index (Phi) is 2.96. The maximum absolute atomic E-state index is 12.4. The van der Waals surface area contributed by atoms with Gasteiger partial charge in [0.2, 0.25) is 0 Å². The van der Waals surface area contributed by atoms with Gasteiger partial charge in [-0.05, 0) is 64.7 Å². The van der Waals surface area contributed by atoms with E-state index in [0.717, 1.165) is 5.92 Å². The average Bonchev–Trinajstić information content (AvgIpc) is 2.97. The van der Waals surface area contributed by atoms with Crippen molar-refractivity contribution in [1.82, 2.24) is 0 Å². The monoisotopic (exact) mass is 267 g/mol. The predicted molar refractivity (Wildman–Crippen MR) is 77.1 cm³/mol. The van der Waals surface area contributed by atoms with Crippen LogP contribution < -0.4 is 0 Å². The molecule has 2 bridgehead atoms. The summed E-state index contributed by atoms with van der Waals surface area (Å²) in [6.45, 7) is 6.09. The molecule has 1 spiro atoms. The van der Waals surface area contributed by atoms with Crippen molar-refractivity contribution in [2.75, 3.05) is 0 Å². The zero-order valence-electron chi connectivity index (χ0n) is 11.9. The van der Waals surface area contributed by atoms with Crippen LogP contribution in [0.1, 0.15) is 65.7 Å². The number of hydrogen-bond donors (Lipinski definition) is 0. The van der Waals surface area contributed by atoms with Crippen molar-refractivity contribution in [3.8, 4) is 0 Å². The van der Waals surface area contributed by atoms with Crippen LogP contribution in [0.15, 0.2) is 4.40 Å². The van der Waals surface area contributed by atoms with Crippen LogP contribution in [0.5, 0.6) is 0 Å².